The van der Waals surface area contributed by atoms with E-state index in [1.165, 1.54) is 22.4 Å². The van der Waals surface area contributed by atoms with Crippen LogP contribution in [-0.2, 0) is 0 Å². The first-order valence-corrected chi connectivity index (χ1v) is 5.10. The summed E-state index contributed by atoms with van der Waals surface area (Å²) in [7, 11) is 2.06. The van der Waals surface area contributed by atoms with Gasteiger partial charge in [-0.3, -0.25) is 0 Å². The summed E-state index contributed by atoms with van der Waals surface area (Å²) in [4.78, 5) is 2.14. The third kappa shape index (κ3) is 1.99. The molecule has 0 heterocycles. The Morgan fingerprint density at radius 1 is 1.15 bits per heavy atom. The average Bonchev–Trinajstić information content (AvgIpc) is 2.13. The number of hydrogen-bond donors (Lipinski definition) is 1. The lowest BCUT2D eigenvalue weighted by Gasteiger charge is -2.20. The summed E-state index contributed by atoms with van der Waals surface area (Å²) in [6, 6.07) is 4.32. The third-order valence-corrected chi connectivity index (χ3v) is 3.08. The Kier molecular flexibility index (Phi) is 3.26. The van der Waals surface area contributed by atoms with E-state index in [4.69, 9.17) is 0 Å². The lowest BCUT2D eigenvalue weighted by atomic mass is 10.0. The monoisotopic (exact) mass is 195 g/mol. The minimum absolute atomic E-state index is 0.753. The Balaban J connectivity index is 3.18. The van der Waals surface area contributed by atoms with E-state index >= 15 is 0 Å². The van der Waals surface area contributed by atoms with Crippen LogP contribution >= 0.6 is 12.6 Å². The summed E-state index contributed by atoms with van der Waals surface area (Å²) in [5, 5.41) is 0. The van der Waals surface area contributed by atoms with Gasteiger partial charge >= 0.3 is 0 Å². The van der Waals surface area contributed by atoms with Gasteiger partial charge in [0.1, 0.15) is 0 Å². The van der Waals surface area contributed by atoms with Crippen molar-refractivity contribution in [2.75, 3.05) is 17.8 Å². The van der Waals surface area contributed by atoms with E-state index in [0.717, 1.165) is 5.88 Å². The molecule has 0 N–H and O–H groups in total. The number of aryl methyl sites for hydroxylation is 1. The van der Waals surface area contributed by atoms with Crippen LogP contribution in [0.3, 0.4) is 0 Å². The molecular weight excluding hydrogens is 178 g/mol. The zero-order valence-electron chi connectivity index (χ0n) is 8.76. The van der Waals surface area contributed by atoms with Crippen molar-refractivity contribution < 1.29 is 0 Å². The number of hydrogen-bond acceptors (Lipinski definition) is 2. The molecule has 0 saturated carbocycles. The van der Waals surface area contributed by atoms with Crippen LogP contribution in [0.15, 0.2) is 12.1 Å². The summed E-state index contributed by atoms with van der Waals surface area (Å²) in [5.74, 6) is 0.753. The molecule has 1 aromatic rings. The number of benzene rings is 1. The molecule has 0 amide bonds. The van der Waals surface area contributed by atoms with Gasteiger partial charge in [-0.15, -0.1) is 0 Å². The van der Waals surface area contributed by atoms with Gasteiger partial charge in [0, 0.05) is 12.7 Å². The first kappa shape index (κ1) is 10.5. The SMILES string of the molecule is Cc1ccc(N(C)CS)c(C)c1C. The molecule has 0 fully saturated rings. The van der Waals surface area contributed by atoms with Gasteiger partial charge in [0.15, 0.2) is 0 Å². The van der Waals surface area contributed by atoms with E-state index in [9.17, 15) is 0 Å². The topological polar surface area (TPSA) is 3.24 Å². The van der Waals surface area contributed by atoms with E-state index in [-0.39, 0.29) is 0 Å². The molecule has 0 aromatic heterocycles. The van der Waals surface area contributed by atoms with Crippen LogP contribution in [0.25, 0.3) is 0 Å². The standard InChI is InChI=1S/C11H17NS/c1-8-5-6-11(12(4)7-13)10(3)9(8)2/h5-6,13H,7H2,1-4H3. The largest absolute Gasteiger partial charge is 0.365 e. The summed E-state index contributed by atoms with van der Waals surface area (Å²) < 4.78 is 0. The van der Waals surface area contributed by atoms with Gasteiger partial charge in [-0.25, -0.2) is 0 Å². The lowest BCUT2D eigenvalue weighted by Crippen LogP contribution is -2.16. The number of anilines is 1. The van der Waals surface area contributed by atoms with Crippen molar-refractivity contribution in [2.24, 2.45) is 0 Å². The Hall–Kier alpha value is -0.630. The minimum Gasteiger partial charge on any atom is -0.365 e. The number of rotatable bonds is 2. The zero-order chi connectivity index (χ0) is 10.0. The van der Waals surface area contributed by atoms with Crippen LogP contribution in [0.1, 0.15) is 16.7 Å². The summed E-state index contributed by atoms with van der Waals surface area (Å²) >= 11 is 4.26. The van der Waals surface area contributed by atoms with E-state index in [0.29, 0.717) is 0 Å². The second-order valence-electron chi connectivity index (χ2n) is 3.49. The highest BCUT2D eigenvalue weighted by molar-refractivity contribution is 7.80. The van der Waals surface area contributed by atoms with Gasteiger partial charge < -0.3 is 4.90 Å². The first-order chi connectivity index (χ1) is 6.07. The molecule has 0 unspecified atom stereocenters. The van der Waals surface area contributed by atoms with Crippen LogP contribution in [0.4, 0.5) is 5.69 Å². The molecule has 0 bridgehead atoms. The molecule has 13 heavy (non-hydrogen) atoms. The van der Waals surface area contributed by atoms with Crippen molar-refractivity contribution in [3.05, 3.63) is 28.8 Å². The molecular formula is C11H17NS. The molecule has 2 heteroatoms. The van der Waals surface area contributed by atoms with Crippen LogP contribution in [0.2, 0.25) is 0 Å². The molecule has 0 aliphatic heterocycles. The molecule has 1 nitrogen and oxygen atoms in total. The Labute approximate surface area is 86.2 Å². The lowest BCUT2D eigenvalue weighted by molar-refractivity contribution is 1.07. The van der Waals surface area contributed by atoms with Crippen molar-refractivity contribution in [2.45, 2.75) is 20.8 Å². The predicted octanol–water partition coefficient (Wildman–Crippen LogP) is 2.94. The van der Waals surface area contributed by atoms with Gasteiger partial charge in [-0.05, 0) is 43.5 Å². The highest BCUT2D eigenvalue weighted by atomic mass is 32.1. The Bertz CT molecular complexity index is 307. The maximum Gasteiger partial charge on any atom is 0.0607 e. The molecule has 0 saturated heterocycles. The first-order valence-electron chi connectivity index (χ1n) is 4.46. The second-order valence-corrected chi connectivity index (χ2v) is 3.77. The molecule has 1 aromatic carbocycles. The summed E-state index contributed by atoms with van der Waals surface area (Å²) in [6.45, 7) is 6.48. The zero-order valence-corrected chi connectivity index (χ0v) is 9.65. The average molecular weight is 195 g/mol. The third-order valence-electron chi connectivity index (χ3n) is 2.65. The van der Waals surface area contributed by atoms with Crippen molar-refractivity contribution in [1.82, 2.24) is 0 Å². The van der Waals surface area contributed by atoms with Crippen molar-refractivity contribution in [1.29, 1.82) is 0 Å². The van der Waals surface area contributed by atoms with Gasteiger partial charge in [0.2, 0.25) is 0 Å². The number of thiol groups is 1. The molecule has 0 aliphatic rings. The molecule has 72 valence electrons. The fraction of sp³-hybridized carbons (Fsp3) is 0.455. The minimum atomic E-state index is 0.753. The van der Waals surface area contributed by atoms with Gasteiger partial charge in [-0.2, -0.15) is 12.6 Å². The van der Waals surface area contributed by atoms with Crippen LogP contribution in [0.5, 0.6) is 0 Å². The van der Waals surface area contributed by atoms with Crippen LogP contribution in [0, 0.1) is 20.8 Å². The molecule has 1 rings (SSSR count). The van der Waals surface area contributed by atoms with Crippen molar-refractivity contribution in [3.8, 4) is 0 Å². The molecule has 0 radical (unpaired) electrons. The highest BCUT2D eigenvalue weighted by Crippen LogP contribution is 2.24. The second kappa shape index (κ2) is 4.05. The quantitative estimate of drug-likeness (QED) is 0.561. The normalized spacial score (nSPS) is 10.2. The number of nitrogens with zero attached hydrogens (tertiary/aromatic N) is 1. The smallest absolute Gasteiger partial charge is 0.0607 e. The van der Waals surface area contributed by atoms with Gasteiger partial charge in [-0.1, -0.05) is 6.07 Å². The molecule has 0 aliphatic carbocycles. The highest BCUT2D eigenvalue weighted by Gasteiger charge is 2.05. The fourth-order valence-corrected chi connectivity index (χ4v) is 1.58. The Morgan fingerprint density at radius 2 is 1.77 bits per heavy atom. The van der Waals surface area contributed by atoms with Gasteiger partial charge in [0.25, 0.3) is 0 Å². The van der Waals surface area contributed by atoms with Crippen molar-refractivity contribution >= 4 is 18.3 Å². The summed E-state index contributed by atoms with van der Waals surface area (Å²) in [6.07, 6.45) is 0. The maximum absolute atomic E-state index is 4.26. The van der Waals surface area contributed by atoms with Crippen LogP contribution in [-0.4, -0.2) is 12.9 Å². The van der Waals surface area contributed by atoms with E-state index in [1.807, 2.05) is 0 Å². The van der Waals surface area contributed by atoms with Gasteiger partial charge in [0.05, 0.1) is 5.88 Å². The molecule has 0 atom stereocenters. The Morgan fingerprint density at radius 3 is 2.31 bits per heavy atom. The van der Waals surface area contributed by atoms with E-state index in [2.05, 4.69) is 57.5 Å². The predicted molar refractivity (Wildman–Crippen MR) is 62.9 cm³/mol. The van der Waals surface area contributed by atoms with Crippen LogP contribution < -0.4 is 4.90 Å². The fourth-order valence-electron chi connectivity index (χ4n) is 1.43. The summed E-state index contributed by atoms with van der Waals surface area (Å²) in [5.41, 5.74) is 5.37. The van der Waals surface area contributed by atoms with Crippen molar-refractivity contribution in [3.63, 3.8) is 0 Å². The maximum atomic E-state index is 4.26. The van der Waals surface area contributed by atoms with E-state index < -0.39 is 0 Å². The molecule has 0 spiro atoms. The van der Waals surface area contributed by atoms with E-state index in [1.54, 1.807) is 0 Å².